The summed E-state index contributed by atoms with van der Waals surface area (Å²) in [6.45, 7) is 0. The maximum Gasteiger partial charge on any atom is 0.160 e. The van der Waals surface area contributed by atoms with Gasteiger partial charge in [-0.3, -0.25) is 10.7 Å². The zero-order chi connectivity index (χ0) is 6.69. The van der Waals surface area contributed by atoms with E-state index in [1.807, 2.05) is 11.0 Å². The fraction of sp³-hybridized carbons (Fsp3) is 0.500. The summed E-state index contributed by atoms with van der Waals surface area (Å²) >= 11 is 0. The smallest absolute Gasteiger partial charge is 0.160 e. The zero-order valence-corrected chi connectivity index (χ0v) is 4.61. The number of hydrogen-bond acceptors (Lipinski definition) is 5. The molecule has 1 heterocycles. The lowest BCUT2D eigenvalue weighted by Gasteiger charge is -1.82. The lowest BCUT2D eigenvalue weighted by molar-refractivity contribution is 0.119. The SMILES string of the molecule is ON/C=C/C1OC1NO. The first kappa shape index (κ1) is 6.50. The third-order valence-electron chi connectivity index (χ3n) is 1.01. The van der Waals surface area contributed by atoms with Gasteiger partial charge in [0, 0.05) is 6.20 Å². The Morgan fingerprint density at radius 2 is 2.22 bits per heavy atom. The number of rotatable bonds is 3. The van der Waals surface area contributed by atoms with Crippen molar-refractivity contribution in [2.75, 3.05) is 0 Å². The first-order valence-electron chi connectivity index (χ1n) is 2.50. The Morgan fingerprint density at radius 3 is 2.67 bits per heavy atom. The third kappa shape index (κ3) is 1.65. The second-order valence-corrected chi connectivity index (χ2v) is 1.64. The fourth-order valence-corrected chi connectivity index (χ4v) is 0.512. The van der Waals surface area contributed by atoms with Gasteiger partial charge in [0.1, 0.15) is 6.10 Å². The van der Waals surface area contributed by atoms with Gasteiger partial charge in [-0.05, 0) is 6.08 Å². The highest BCUT2D eigenvalue weighted by Gasteiger charge is 2.35. The molecule has 0 aromatic heterocycles. The van der Waals surface area contributed by atoms with E-state index < -0.39 is 0 Å². The van der Waals surface area contributed by atoms with Gasteiger partial charge < -0.3 is 9.94 Å². The van der Waals surface area contributed by atoms with E-state index in [1.54, 1.807) is 6.08 Å². The van der Waals surface area contributed by atoms with E-state index in [0.717, 1.165) is 0 Å². The van der Waals surface area contributed by atoms with Gasteiger partial charge in [0.15, 0.2) is 6.23 Å². The lowest BCUT2D eigenvalue weighted by atomic mass is 10.4. The maximum atomic E-state index is 8.18. The Kier molecular flexibility index (Phi) is 2.01. The lowest BCUT2D eigenvalue weighted by Crippen LogP contribution is -2.13. The van der Waals surface area contributed by atoms with Crippen molar-refractivity contribution in [1.82, 2.24) is 11.0 Å². The minimum atomic E-state index is -0.311. The molecule has 2 atom stereocenters. The Bertz CT molecular complexity index is 116. The molecule has 0 radical (unpaired) electrons. The van der Waals surface area contributed by atoms with Crippen LogP contribution >= 0.6 is 0 Å². The minimum Gasteiger partial charge on any atom is -0.347 e. The molecule has 1 rings (SSSR count). The van der Waals surface area contributed by atoms with Gasteiger partial charge >= 0.3 is 0 Å². The molecule has 0 aromatic rings. The monoisotopic (exact) mass is 132 g/mol. The van der Waals surface area contributed by atoms with Crippen LogP contribution in [0.5, 0.6) is 0 Å². The molecule has 9 heavy (non-hydrogen) atoms. The molecular formula is C4H8N2O3. The fourth-order valence-electron chi connectivity index (χ4n) is 0.512. The molecule has 1 aliphatic heterocycles. The van der Waals surface area contributed by atoms with Gasteiger partial charge in [0.2, 0.25) is 0 Å². The van der Waals surface area contributed by atoms with Crippen LogP contribution in [0, 0.1) is 0 Å². The molecule has 2 unspecified atom stereocenters. The zero-order valence-electron chi connectivity index (χ0n) is 4.61. The molecule has 0 aromatic carbocycles. The molecule has 0 saturated carbocycles. The van der Waals surface area contributed by atoms with Crippen molar-refractivity contribution in [3.63, 3.8) is 0 Å². The number of epoxide rings is 1. The molecule has 0 amide bonds. The van der Waals surface area contributed by atoms with Crippen LogP contribution in [-0.2, 0) is 4.74 Å². The maximum absolute atomic E-state index is 8.18. The van der Waals surface area contributed by atoms with Crippen LogP contribution in [0.2, 0.25) is 0 Å². The van der Waals surface area contributed by atoms with Crippen LogP contribution < -0.4 is 11.0 Å². The average molecular weight is 132 g/mol. The van der Waals surface area contributed by atoms with Crippen molar-refractivity contribution in [3.8, 4) is 0 Å². The Morgan fingerprint density at radius 1 is 1.44 bits per heavy atom. The Hall–Kier alpha value is -0.620. The van der Waals surface area contributed by atoms with E-state index in [0.29, 0.717) is 0 Å². The highest BCUT2D eigenvalue weighted by molar-refractivity contribution is 4.98. The van der Waals surface area contributed by atoms with Crippen molar-refractivity contribution in [2.24, 2.45) is 0 Å². The predicted molar refractivity (Wildman–Crippen MR) is 27.6 cm³/mol. The van der Waals surface area contributed by atoms with Crippen LogP contribution in [0.25, 0.3) is 0 Å². The van der Waals surface area contributed by atoms with Gasteiger partial charge in [-0.2, -0.15) is 5.48 Å². The molecule has 1 aliphatic rings. The molecule has 1 saturated heterocycles. The van der Waals surface area contributed by atoms with Gasteiger partial charge in [0.05, 0.1) is 0 Å². The van der Waals surface area contributed by atoms with Crippen molar-refractivity contribution < 1.29 is 15.2 Å². The number of hydrogen-bond donors (Lipinski definition) is 4. The van der Waals surface area contributed by atoms with E-state index in [-0.39, 0.29) is 12.3 Å². The van der Waals surface area contributed by atoms with Crippen LogP contribution in [0.4, 0.5) is 0 Å². The molecule has 4 N–H and O–H groups in total. The van der Waals surface area contributed by atoms with Crippen LogP contribution in [-0.4, -0.2) is 22.7 Å². The molecule has 0 aliphatic carbocycles. The molecule has 5 nitrogen and oxygen atoms in total. The van der Waals surface area contributed by atoms with Gasteiger partial charge in [-0.15, -0.1) is 0 Å². The number of ether oxygens (including phenoxy) is 1. The highest BCUT2D eigenvalue weighted by Crippen LogP contribution is 2.18. The molecular weight excluding hydrogens is 124 g/mol. The highest BCUT2D eigenvalue weighted by atomic mass is 16.7. The summed E-state index contributed by atoms with van der Waals surface area (Å²) in [5, 5.41) is 16.2. The minimum absolute atomic E-state index is 0.130. The molecule has 1 fully saturated rings. The van der Waals surface area contributed by atoms with E-state index in [9.17, 15) is 0 Å². The summed E-state index contributed by atoms with van der Waals surface area (Å²) in [5.41, 5.74) is 3.73. The van der Waals surface area contributed by atoms with E-state index in [2.05, 4.69) is 0 Å². The van der Waals surface area contributed by atoms with E-state index >= 15 is 0 Å². The summed E-state index contributed by atoms with van der Waals surface area (Å²) in [5.74, 6) is 0. The molecule has 5 heteroatoms. The van der Waals surface area contributed by atoms with E-state index in [1.165, 1.54) is 6.20 Å². The summed E-state index contributed by atoms with van der Waals surface area (Å²) < 4.78 is 4.77. The van der Waals surface area contributed by atoms with Crippen LogP contribution in [0.3, 0.4) is 0 Å². The molecule has 0 spiro atoms. The predicted octanol–water partition coefficient (Wildman–Crippen LogP) is -0.817. The largest absolute Gasteiger partial charge is 0.347 e. The van der Waals surface area contributed by atoms with E-state index in [4.69, 9.17) is 15.2 Å². The number of hydroxylamine groups is 2. The summed E-state index contributed by atoms with van der Waals surface area (Å²) in [7, 11) is 0. The van der Waals surface area contributed by atoms with Crippen molar-refractivity contribution >= 4 is 0 Å². The normalized spacial score (nSPS) is 33.1. The van der Waals surface area contributed by atoms with Crippen LogP contribution in [0.1, 0.15) is 0 Å². The van der Waals surface area contributed by atoms with Crippen molar-refractivity contribution in [1.29, 1.82) is 0 Å². The Balaban J connectivity index is 2.11. The van der Waals surface area contributed by atoms with Gasteiger partial charge in [0.25, 0.3) is 0 Å². The first-order valence-corrected chi connectivity index (χ1v) is 2.50. The summed E-state index contributed by atoms with van der Waals surface area (Å²) in [4.78, 5) is 0. The van der Waals surface area contributed by atoms with Gasteiger partial charge in [-0.1, -0.05) is 0 Å². The first-order chi connectivity index (χ1) is 4.38. The summed E-state index contributed by atoms with van der Waals surface area (Å²) in [6.07, 6.45) is 2.46. The second-order valence-electron chi connectivity index (χ2n) is 1.64. The number of nitrogens with one attached hydrogen (secondary N) is 2. The average Bonchev–Trinajstić information content (AvgIpc) is 2.62. The summed E-state index contributed by atoms with van der Waals surface area (Å²) in [6, 6.07) is 0. The molecule has 0 bridgehead atoms. The molecule has 52 valence electrons. The quantitative estimate of drug-likeness (QED) is 0.298. The van der Waals surface area contributed by atoms with Gasteiger partial charge in [-0.25, -0.2) is 0 Å². The van der Waals surface area contributed by atoms with Crippen LogP contribution in [0.15, 0.2) is 12.3 Å². The second kappa shape index (κ2) is 2.79. The Labute approximate surface area is 51.8 Å². The van der Waals surface area contributed by atoms with Crippen molar-refractivity contribution in [3.05, 3.63) is 12.3 Å². The van der Waals surface area contributed by atoms with Crippen molar-refractivity contribution in [2.45, 2.75) is 12.3 Å². The topological polar surface area (TPSA) is 77.0 Å². The third-order valence-corrected chi connectivity index (χ3v) is 1.01. The standard InChI is InChI=1S/C4H8N2O3/c7-5-2-1-3-4(6-8)9-3/h1-8H/b2-1+.